The first-order valence-corrected chi connectivity index (χ1v) is 7.85. The predicted molar refractivity (Wildman–Crippen MR) is 92.9 cm³/mol. The quantitative estimate of drug-likeness (QED) is 0.606. The molecule has 6 heteroatoms. The van der Waals surface area contributed by atoms with E-state index < -0.39 is 0 Å². The van der Waals surface area contributed by atoms with Crippen molar-refractivity contribution in [3.8, 4) is 5.69 Å². The highest BCUT2D eigenvalue weighted by molar-refractivity contribution is 5.80. The first-order chi connectivity index (χ1) is 11.2. The predicted octanol–water partition coefficient (Wildman–Crippen LogP) is 1.96. The monoisotopic (exact) mass is 315 g/mol. The zero-order valence-corrected chi connectivity index (χ0v) is 14.0. The molecule has 0 saturated heterocycles. The Balaban J connectivity index is 2.00. The van der Waals surface area contributed by atoms with E-state index in [1.54, 1.807) is 7.11 Å². The summed E-state index contributed by atoms with van der Waals surface area (Å²) in [6, 6.07) is 10.2. The zero-order chi connectivity index (χ0) is 16.5. The van der Waals surface area contributed by atoms with E-state index in [1.165, 1.54) is 0 Å². The van der Waals surface area contributed by atoms with Gasteiger partial charge in [-0.1, -0.05) is 18.2 Å². The van der Waals surface area contributed by atoms with E-state index in [0.717, 1.165) is 23.8 Å². The molecular formula is C17H25N5O. The largest absolute Gasteiger partial charge is 0.383 e. The Morgan fingerprint density at radius 3 is 2.83 bits per heavy atom. The van der Waals surface area contributed by atoms with E-state index in [-0.39, 0.29) is 6.04 Å². The average Bonchev–Trinajstić information content (AvgIpc) is 3.03. The number of methoxy groups -OCH3 is 1. The number of hydrogen-bond acceptors (Lipinski definition) is 3. The van der Waals surface area contributed by atoms with Crippen LogP contribution in [0, 0.1) is 0 Å². The molecule has 0 saturated carbocycles. The van der Waals surface area contributed by atoms with Crippen molar-refractivity contribution in [2.45, 2.75) is 26.4 Å². The van der Waals surface area contributed by atoms with Gasteiger partial charge in [-0.15, -0.1) is 0 Å². The molecule has 6 nitrogen and oxygen atoms in total. The minimum atomic E-state index is 0.199. The van der Waals surface area contributed by atoms with Gasteiger partial charge in [-0.2, -0.15) is 5.10 Å². The van der Waals surface area contributed by atoms with Crippen LogP contribution in [0.2, 0.25) is 0 Å². The molecule has 1 aromatic heterocycles. The average molecular weight is 315 g/mol. The minimum absolute atomic E-state index is 0.199. The fourth-order valence-corrected chi connectivity index (χ4v) is 2.18. The molecule has 0 aliphatic carbocycles. The van der Waals surface area contributed by atoms with Crippen LogP contribution in [0.5, 0.6) is 0 Å². The molecule has 0 radical (unpaired) electrons. The Morgan fingerprint density at radius 1 is 1.35 bits per heavy atom. The van der Waals surface area contributed by atoms with Gasteiger partial charge in [0.15, 0.2) is 5.96 Å². The third-order valence-electron chi connectivity index (χ3n) is 3.22. The summed E-state index contributed by atoms with van der Waals surface area (Å²) in [6.45, 7) is 6.13. The molecule has 124 valence electrons. The number of nitrogens with one attached hydrogen (secondary N) is 2. The lowest BCUT2D eigenvalue weighted by Crippen LogP contribution is -2.43. The lowest BCUT2D eigenvalue weighted by molar-refractivity contribution is 0.179. The molecule has 1 aromatic carbocycles. The molecule has 0 fully saturated rings. The maximum absolute atomic E-state index is 5.14. The van der Waals surface area contributed by atoms with E-state index in [1.807, 2.05) is 54.3 Å². The Hall–Kier alpha value is -2.34. The van der Waals surface area contributed by atoms with Gasteiger partial charge in [0, 0.05) is 31.5 Å². The van der Waals surface area contributed by atoms with E-state index in [0.29, 0.717) is 13.2 Å². The normalized spacial score (nSPS) is 12.9. The number of guanidine groups is 1. The highest BCUT2D eigenvalue weighted by Gasteiger charge is 2.05. The van der Waals surface area contributed by atoms with Crippen molar-refractivity contribution in [1.29, 1.82) is 0 Å². The molecular weight excluding hydrogens is 290 g/mol. The number of aromatic nitrogens is 2. The Kier molecular flexibility index (Phi) is 6.62. The summed E-state index contributed by atoms with van der Waals surface area (Å²) >= 11 is 0. The van der Waals surface area contributed by atoms with Crippen molar-refractivity contribution in [1.82, 2.24) is 20.4 Å². The summed E-state index contributed by atoms with van der Waals surface area (Å²) in [5.74, 6) is 0.782. The first-order valence-electron chi connectivity index (χ1n) is 7.85. The second-order valence-electron chi connectivity index (χ2n) is 5.32. The van der Waals surface area contributed by atoms with Crippen molar-refractivity contribution in [2.75, 3.05) is 20.3 Å². The second-order valence-corrected chi connectivity index (χ2v) is 5.32. The Labute approximate surface area is 137 Å². The van der Waals surface area contributed by atoms with Crippen LogP contribution in [-0.4, -0.2) is 42.0 Å². The molecule has 1 atom stereocenters. The summed E-state index contributed by atoms with van der Waals surface area (Å²) in [4.78, 5) is 4.60. The molecule has 2 N–H and O–H groups in total. The van der Waals surface area contributed by atoms with Crippen LogP contribution in [0.1, 0.15) is 19.4 Å². The van der Waals surface area contributed by atoms with E-state index in [4.69, 9.17) is 4.74 Å². The Morgan fingerprint density at radius 2 is 2.13 bits per heavy atom. The summed E-state index contributed by atoms with van der Waals surface area (Å²) in [5, 5.41) is 10.9. The van der Waals surface area contributed by atoms with Gasteiger partial charge in [-0.05, 0) is 26.0 Å². The number of nitrogens with zero attached hydrogens (tertiary/aromatic N) is 3. The highest BCUT2D eigenvalue weighted by atomic mass is 16.5. The lowest BCUT2D eigenvalue weighted by atomic mass is 10.3. The Bertz CT molecular complexity index is 608. The van der Waals surface area contributed by atoms with Crippen molar-refractivity contribution in [3.05, 3.63) is 48.3 Å². The van der Waals surface area contributed by atoms with Gasteiger partial charge in [0.05, 0.1) is 25.0 Å². The number of aliphatic imine (C=N–C) groups is 1. The van der Waals surface area contributed by atoms with Crippen LogP contribution >= 0.6 is 0 Å². The van der Waals surface area contributed by atoms with Gasteiger partial charge in [-0.25, -0.2) is 9.67 Å². The molecule has 0 bridgehead atoms. The van der Waals surface area contributed by atoms with Gasteiger partial charge in [0.1, 0.15) is 0 Å². The summed E-state index contributed by atoms with van der Waals surface area (Å²) in [7, 11) is 1.69. The second kappa shape index (κ2) is 8.95. The first kappa shape index (κ1) is 17.0. The fourth-order valence-electron chi connectivity index (χ4n) is 2.18. The molecule has 1 heterocycles. The standard InChI is InChI=1S/C17H25N5O/c1-4-18-17(21-14(2)13-23-3)19-10-15-11-20-22(12-15)16-8-6-5-7-9-16/h5-9,11-12,14H,4,10,13H2,1-3H3,(H2,18,19,21). The molecule has 0 spiro atoms. The van der Waals surface area contributed by atoms with Crippen LogP contribution in [0.3, 0.4) is 0 Å². The van der Waals surface area contributed by atoms with Gasteiger partial charge < -0.3 is 15.4 Å². The van der Waals surface area contributed by atoms with Gasteiger partial charge in [-0.3, -0.25) is 0 Å². The highest BCUT2D eigenvalue weighted by Crippen LogP contribution is 2.08. The molecule has 23 heavy (non-hydrogen) atoms. The fraction of sp³-hybridized carbons (Fsp3) is 0.412. The summed E-state index contributed by atoms with van der Waals surface area (Å²) in [6.07, 6.45) is 3.85. The maximum atomic E-state index is 5.14. The van der Waals surface area contributed by atoms with Crippen molar-refractivity contribution < 1.29 is 4.74 Å². The third-order valence-corrected chi connectivity index (χ3v) is 3.22. The van der Waals surface area contributed by atoms with Crippen LogP contribution < -0.4 is 10.6 Å². The van der Waals surface area contributed by atoms with Crippen LogP contribution in [0.15, 0.2) is 47.7 Å². The summed E-state index contributed by atoms with van der Waals surface area (Å²) < 4.78 is 7.00. The molecule has 1 unspecified atom stereocenters. The van der Waals surface area contributed by atoms with Gasteiger partial charge in [0.2, 0.25) is 0 Å². The third kappa shape index (κ3) is 5.41. The number of rotatable bonds is 7. The smallest absolute Gasteiger partial charge is 0.191 e. The number of benzene rings is 1. The van der Waals surface area contributed by atoms with Crippen LogP contribution in [-0.2, 0) is 11.3 Å². The van der Waals surface area contributed by atoms with Crippen molar-refractivity contribution in [2.24, 2.45) is 4.99 Å². The van der Waals surface area contributed by atoms with Crippen LogP contribution in [0.4, 0.5) is 0 Å². The maximum Gasteiger partial charge on any atom is 0.191 e. The van der Waals surface area contributed by atoms with Crippen molar-refractivity contribution >= 4 is 5.96 Å². The molecule has 0 aliphatic heterocycles. The molecule has 2 rings (SSSR count). The number of para-hydroxylation sites is 1. The van der Waals surface area contributed by atoms with Crippen molar-refractivity contribution in [3.63, 3.8) is 0 Å². The number of ether oxygens (including phenoxy) is 1. The number of hydrogen-bond donors (Lipinski definition) is 2. The van der Waals surface area contributed by atoms with Gasteiger partial charge >= 0.3 is 0 Å². The zero-order valence-electron chi connectivity index (χ0n) is 14.0. The lowest BCUT2D eigenvalue weighted by Gasteiger charge is -2.16. The molecule has 2 aromatic rings. The topological polar surface area (TPSA) is 63.5 Å². The van der Waals surface area contributed by atoms with Gasteiger partial charge in [0.25, 0.3) is 0 Å². The summed E-state index contributed by atoms with van der Waals surface area (Å²) in [5.41, 5.74) is 2.10. The SMILES string of the molecule is CCNC(=NCc1cnn(-c2ccccc2)c1)NC(C)COC. The van der Waals surface area contributed by atoms with E-state index in [2.05, 4.69) is 27.6 Å². The van der Waals surface area contributed by atoms with Crippen LogP contribution in [0.25, 0.3) is 5.69 Å². The van der Waals surface area contributed by atoms with E-state index >= 15 is 0 Å². The minimum Gasteiger partial charge on any atom is -0.383 e. The molecule has 0 amide bonds. The molecule has 0 aliphatic rings. The van der Waals surface area contributed by atoms with E-state index in [9.17, 15) is 0 Å².